The summed E-state index contributed by atoms with van der Waals surface area (Å²) in [6.07, 6.45) is 2.07. The number of imidazole rings is 1. The highest BCUT2D eigenvalue weighted by atomic mass is 32.2. The van der Waals surface area contributed by atoms with Crippen LogP contribution in [0.3, 0.4) is 0 Å². The highest BCUT2D eigenvalue weighted by Gasteiger charge is 2.12. The maximum Gasteiger partial charge on any atom is 0.111 e. The molecule has 104 valence electrons. The summed E-state index contributed by atoms with van der Waals surface area (Å²) in [5.41, 5.74) is 8.51. The number of aryl methyl sites for hydroxylation is 1. The van der Waals surface area contributed by atoms with Gasteiger partial charge in [-0.3, -0.25) is 0 Å². The topological polar surface area (TPSA) is 43.8 Å². The second-order valence-corrected chi connectivity index (χ2v) is 5.95. The second-order valence-electron chi connectivity index (χ2n) is 4.80. The number of nitrogens with zero attached hydrogens (tertiary/aromatic N) is 2. The Hall–Kier alpha value is -1.00. The van der Waals surface area contributed by atoms with Crippen LogP contribution in [0.4, 0.5) is 0 Å². The summed E-state index contributed by atoms with van der Waals surface area (Å²) in [5.74, 6) is 3.33. The number of para-hydroxylation sites is 2. The molecule has 1 unspecified atom stereocenters. The first-order valence-electron chi connectivity index (χ1n) is 7.03. The molecule has 0 bridgehead atoms. The standard InChI is InChI=1S/C15H23N3S/c1-3-9-19-11-12(16)10-15-17-13-7-5-6-8-14(13)18(15)4-2/h5-8,12H,3-4,9-11,16H2,1-2H3. The van der Waals surface area contributed by atoms with Crippen LogP contribution in [-0.2, 0) is 13.0 Å². The molecule has 2 aromatic rings. The summed E-state index contributed by atoms with van der Waals surface area (Å²) >= 11 is 1.94. The fourth-order valence-electron chi connectivity index (χ4n) is 2.31. The normalized spacial score (nSPS) is 13.0. The highest BCUT2D eigenvalue weighted by molar-refractivity contribution is 7.99. The van der Waals surface area contributed by atoms with Gasteiger partial charge in [-0.2, -0.15) is 11.8 Å². The van der Waals surface area contributed by atoms with Gasteiger partial charge in [0.15, 0.2) is 0 Å². The first-order valence-corrected chi connectivity index (χ1v) is 8.19. The van der Waals surface area contributed by atoms with Crippen LogP contribution in [0.15, 0.2) is 24.3 Å². The molecule has 0 amide bonds. The number of nitrogens with two attached hydrogens (primary N) is 1. The first kappa shape index (κ1) is 14.4. The lowest BCUT2D eigenvalue weighted by atomic mass is 10.2. The summed E-state index contributed by atoms with van der Waals surface area (Å²) in [5, 5.41) is 0. The van der Waals surface area contributed by atoms with Crippen molar-refractivity contribution < 1.29 is 0 Å². The molecule has 0 saturated heterocycles. The SMILES string of the molecule is CCCSCC(N)Cc1nc2ccccc2n1CC. The Morgan fingerprint density at radius 1 is 1.32 bits per heavy atom. The van der Waals surface area contributed by atoms with Gasteiger partial charge in [-0.15, -0.1) is 0 Å². The van der Waals surface area contributed by atoms with Gasteiger partial charge in [-0.05, 0) is 31.2 Å². The Morgan fingerprint density at radius 2 is 2.11 bits per heavy atom. The third-order valence-electron chi connectivity index (χ3n) is 3.17. The number of hydrogen-bond acceptors (Lipinski definition) is 3. The molecule has 1 atom stereocenters. The fraction of sp³-hybridized carbons (Fsp3) is 0.533. The predicted molar refractivity (Wildman–Crippen MR) is 84.7 cm³/mol. The molecule has 1 aromatic heterocycles. The predicted octanol–water partition coefficient (Wildman–Crippen LogP) is 3.07. The number of rotatable bonds is 7. The van der Waals surface area contributed by atoms with Crippen molar-refractivity contribution in [2.45, 2.75) is 39.3 Å². The molecule has 0 fully saturated rings. The lowest BCUT2D eigenvalue weighted by Crippen LogP contribution is -2.27. The largest absolute Gasteiger partial charge is 0.328 e. The molecular formula is C15H23N3S. The van der Waals surface area contributed by atoms with Crippen LogP contribution in [-0.4, -0.2) is 27.1 Å². The van der Waals surface area contributed by atoms with E-state index in [9.17, 15) is 0 Å². The zero-order valence-electron chi connectivity index (χ0n) is 11.8. The number of benzene rings is 1. The molecule has 4 heteroatoms. The minimum absolute atomic E-state index is 0.193. The van der Waals surface area contributed by atoms with Gasteiger partial charge in [-0.1, -0.05) is 19.1 Å². The second kappa shape index (κ2) is 6.96. The molecule has 0 aliphatic heterocycles. The molecule has 0 aliphatic carbocycles. The average Bonchev–Trinajstić information content (AvgIpc) is 2.76. The number of aromatic nitrogens is 2. The van der Waals surface area contributed by atoms with E-state index in [0.717, 1.165) is 30.1 Å². The molecular weight excluding hydrogens is 254 g/mol. The van der Waals surface area contributed by atoms with Crippen LogP contribution < -0.4 is 5.73 Å². The van der Waals surface area contributed by atoms with Gasteiger partial charge >= 0.3 is 0 Å². The van der Waals surface area contributed by atoms with E-state index in [4.69, 9.17) is 10.7 Å². The van der Waals surface area contributed by atoms with E-state index in [1.165, 1.54) is 17.7 Å². The number of thioether (sulfide) groups is 1. The maximum absolute atomic E-state index is 6.22. The van der Waals surface area contributed by atoms with Crippen LogP contribution in [0.2, 0.25) is 0 Å². The summed E-state index contributed by atoms with van der Waals surface area (Å²) in [6.45, 7) is 5.31. The van der Waals surface area contributed by atoms with Gasteiger partial charge < -0.3 is 10.3 Å². The van der Waals surface area contributed by atoms with Crippen LogP contribution in [0.25, 0.3) is 11.0 Å². The summed E-state index contributed by atoms with van der Waals surface area (Å²) < 4.78 is 2.28. The third kappa shape index (κ3) is 3.51. The summed E-state index contributed by atoms with van der Waals surface area (Å²) in [6, 6.07) is 8.50. The van der Waals surface area contributed by atoms with Crippen molar-refractivity contribution in [3.8, 4) is 0 Å². The van der Waals surface area contributed by atoms with Crippen molar-refractivity contribution in [2.75, 3.05) is 11.5 Å². The maximum atomic E-state index is 6.22. The molecule has 1 aromatic carbocycles. The van der Waals surface area contributed by atoms with Crippen LogP contribution in [0, 0.1) is 0 Å². The van der Waals surface area contributed by atoms with E-state index in [0.29, 0.717) is 0 Å². The van der Waals surface area contributed by atoms with Gasteiger partial charge in [0.25, 0.3) is 0 Å². The summed E-state index contributed by atoms with van der Waals surface area (Å²) in [4.78, 5) is 4.73. The molecule has 0 saturated carbocycles. The Balaban J connectivity index is 2.11. The first-order chi connectivity index (χ1) is 9.26. The summed E-state index contributed by atoms with van der Waals surface area (Å²) in [7, 11) is 0. The van der Waals surface area contributed by atoms with Crippen LogP contribution in [0.1, 0.15) is 26.1 Å². The van der Waals surface area contributed by atoms with Crippen molar-refractivity contribution in [1.29, 1.82) is 0 Å². The van der Waals surface area contributed by atoms with E-state index in [1.54, 1.807) is 0 Å². The molecule has 0 aliphatic rings. The van der Waals surface area contributed by atoms with E-state index in [1.807, 2.05) is 17.8 Å². The van der Waals surface area contributed by atoms with E-state index in [-0.39, 0.29) is 6.04 Å². The minimum Gasteiger partial charge on any atom is -0.328 e. The number of hydrogen-bond donors (Lipinski definition) is 1. The highest BCUT2D eigenvalue weighted by Crippen LogP contribution is 2.17. The fourth-order valence-corrected chi connectivity index (χ4v) is 3.18. The average molecular weight is 277 g/mol. The van der Waals surface area contributed by atoms with Gasteiger partial charge in [0.1, 0.15) is 5.82 Å². The van der Waals surface area contributed by atoms with Crippen molar-refractivity contribution >= 4 is 22.8 Å². The molecule has 2 rings (SSSR count). The van der Waals surface area contributed by atoms with Gasteiger partial charge in [-0.25, -0.2) is 4.98 Å². The molecule has 0 radical (unpaired) electrons. The lowest BCUT2D eigenvalue weighted by Gasteiger charge is -2.12. The smallest absolute Gasteiger partial charge is 0.111 e. The number of fused-ring (bicyclic) bond motifs is 1. The van der Waals surface area contributed by atoms with Gasteiger partial charge in [0.05, 0.1) is 11.0 Å². The Morgan fingerprint density at radius 3 is 2.84 bits per heavy atom. The molecule has 3 nitrogen and oxygen atoms in total. The molecule has 2 N–H and O–H groups in total. The van der Waals surface area contributed by atoms with Crippen LogP contribution in [0.5, 0.6) is 0 Å². The molecule has 0 spiro atoms. The van der Waals surface area contributed by atoms with Crippen molar-refractivity contribution in [1.82, 2.24) is 9.55 Å². The van der Waals surface area contributed by atoms with E-state index < -0.39 is 0 Å². The Kier molecular flexibility index (Phi) is 5.28. The van der Waals surface area contributed by atoms with Crippen molar-refractivity contribution in [3.05, 3.63) is 30.1 Å². The Labute approximate surface area is 119 Å². The van der Waals surface area contributed by atoms with Gasteiger partial charge in [0, 0.05) is 24.8 Å². The van der Waals surface area contributed by atoms with E-state index in [2.05, 4.69) is 36.6 Å². The van der Waals surface area contributed by atoms with E-state index >= 15 is 0 Å². The van der Waals surface area contributed by atoms with Crippen molar-refractivity contribution in [2.24, 2.45) is 5.73 Å². The van der Waals surface area contributed by atoms with Crippen molar-refractivity contribution in [3.63, 3.8) is 0 Å². The monoisotopic (exact) mass is 277 g/mol. The minimum atomic E-state index is 0.193. The van der Waals surface area contributed by atoms with Crippen LogP contribution >= 0.6 is 11.8 Å². The van der Waals surface area contributed by atoms with Gasteiger partial charge in [0.2, 0.25) is 0 Å². The molecule has 19 heavy (non-hydrogen) atoms. The third-order valence-corrected chi connectivity index (χ3v) is 4.54. The Bertz CT molecular complexity index is 521. The molecule has 1 heterocycles. The quantitative estimate of drug-likeness (QED) is 0.791. The zero-order valence-corrected chi connectivity index (χ0v) is 12.6. The lowest BCUT2D eigenvalue weighted by molar-refractivity contribution is 0.652. The zero-order chi connectivity index (χ0) is 13.7.